The highest BCUT2D eigenvalue weighted by atomic mass is 32.2. The molecule has 8 heteroatoms. The number of nitrogens with zero attached hydrogens (tertiary/aromatic N) is 1. The van der Waals surface area contributed by atoms with E-state index < -0.39 is 21.8 Å². The molecule has 0 spiro atoms. The fraction of sp³-hybridized carbons (Fsp3) is 0.120. The van der Waals surface area contributed by atoms with Crippen LogP contribution in [-0.2, 0) is 26.1 Å². The van der Waals surface area contributed by atoms with Gasteiger partial charge in [0.05, 0.1) is 18.6 Å². The molecule has 0 radical (unpaired) electrons. The normalized spacial score (nSPS) is 14.4. The first kappa shape index (κ1) is 22.3. The van der Waals surface area contributed by atoms with E-state index in [1.807, 2.05) is 6.07 Å². The Labute approximate surface area is 191 Å². The molecular weight excluding hydrogens is 442 g/mol. The number of sulfonamides is 1. The predicted molar refractivity (Wildman–Crippen MR) is 122 cm³/mol. The highest BCUT2D eigenvalue weighted by Crippen LogP contribution is 2.39. The molecule has 0 aromatic heterocycles. The fourth-order valence-corrected chi connectivity index (χ4v) is 5.37. The third-order valence-corrected chi connectivity index (χ3v) is 6.99. The van der Waals surface area contributed by atoms with E-state index in [9.17, 15) is 18.0 Å². The minimum absolute atomic E-state index is 0.0474. The summed E-state index contributed by atoms with van der Waals surface area (Å²) in [5, 5.41) is 0. The van der Waals surface area contributed by atoms with Gasteiger partial charge < -0.3 is 9.47 Å². The van der Waals surface area contributed by atoms with Crippen LogP contribution in [0.25, 0.3) is 5.76 Å². The molecule has 0 bridgehead atoms. The molecule has 7 nitrogen and oxygen atoms in total. The lowest BCUT2D eigenvalue weighted by Gasteiger charge is -2.32. The molecule has 0 atom stereocenters. The molecular formula is C25H21NO6S. The van der Waals surface area contributed by atoms with Gasteiger partial charge in [0.1, 0.15) is 17.0 Å². The van der Waals surface area contributed by atoms with E-state index in [-0.39, 0.29) is 34.0 Å². The number of hydrogen-bond donors (Lipinski definition) is 0. The van der Waals surface area contributed by atoms with Crippen molar-refractivity contribution in [2.75, 3.05) is 7.11 Å². The van der Waals surface area contributed by atoms with Crippen molar-refractivity contribution in [1.29, 1.82) is 0 Å². The second-order valence-corrected chi connectivity index (χ2v) is 9.15. The molecule has 4 rings (SSSR count). The first-order valence-corrected chi connectivity index (χ1v) is 11.5. The Kier molecular flexibility index (Phi) is 6.02. The van der Waals surface area contributed by atoms with E-state index in [1.54, 1.807) is 54.6 Å². The van der Waals surface area contributed by atoms with Crippen LogP contribution in [0.2, 0.25) is 0 Å². The summed E-state index contributed by atoms with van der Waals surface area (Å²) >= 11 is 0. The number of carbonyl (C=O) groups excluding carboxylic acids is 2. The Bertz CT molecular complexity index is 1360. The zero-order chi connectivity index (χ0) is 23.6. The van der Waals surface area contributed by atoms with E-state index >= 15 is 0 Å². The zero-order valence-electron chi connectivity index (χ0n) is 18.0. The maximum Gasteiger partial charge on any atom is 0.347 e. The van der Waals surface area contributed by atoms with Gasteiger partial charge in [-0.15, -0.1) is 0 Å². The van der Waals surface area contributed by atoms with Gasteiger partial charge in [0, 0.05) is 12.5 Å². The minimum Gasteiger partial charge on any atom is -0.496 e. The number of ether oxygens (including phenoxy) is 2. The average Bonchev–Trinajstić information content (AvgIpc) is 2.82. The second-order valence-electron chi connectivity index (χ2n) is 7.32. The van der Waals surface area contributed by atoms with Gasteiger partial charge in [0.25, 0.3) is 10.0 Å². The first-order valence-electron chi connectivity index (χ1n) is 10.1. The van der Waals surface area contributed by atoms with Crippen molar-refractivity contribution in [3.05, 3.63) is 101 Å². The minimum atomic E-state index is -4.08. The molecule has 3 aromatic carbocycles. The van der Waals surface area contributed by atoms with Gasteiger partial charge in [-0.3, -0.25) is 9.10 Å². The summed E-state index contributed by atoms with van der Waals surface area (Å²) in [6.45, 7) is 1.15. The maximum absolute atomic E-state index is 13.5. The number of allylic oxidation sites excluding steroid dienone is 1. The van der Waals surface area contributed by atoms with Gasteiger partial charge >= 0.3 is 5.97 Å². The summed E-state index contributed by atoms with van der Waals surface area (Å²) in [4.78, 5) is 25.8. The predicted octanol–water partition coefficient (Wildman–Crippen LogP) is 4.01. The van der Waals surface area contributed by atoms with Crippen molar-refractivity contribution in [1.82, 2.24) is 4.31 Å². The average molecular weight is 464 g/mol. The molecule has 0 aliphatic carbocycles. The Hall–Kier alpha value is -3.91. The molecule has 168 valence electrons. The van der Waals surface area contributed by atoms with Crippen molar-refractivity contribution in [2.24, 2.45) is 0 Å². The zero-order valence-corrected chi connectivity index (χ0v) is 18.8. The SMILES string of the molecule is COc1ccccc1C(=O)OC1=C(C(C)=O)N(Cc2ccccc2)S(=O)(=O)c2ccccc21. The summed E-state index contributed by atoms with van der Waals surface area (Å²) < 4.78 is 39.0. The molecule has 0 saturated heterocycles. The lowest BCUT2D eigenvalue weighted by molar-refractivity contribution is -0.114. The van der Waals surface area contributed by atoms with Gasteiger partial charge in [0.2, 0.25) is 0 Å². The Morgan fingerprint density at radius 1 is 0.879 bits per heavy atom. The smallest absolute Gasteiger partial charge is 0.347 e. The van der Waals surface area contributed by atoms with Crippen molar-refractivity contribution in [3.63, 3.8) is 0 Å². The lowest BCUT2D eigenvalue weighted by atomic mass is 10.1. The van der Waals surface area contributed by atoms with Crippen molar-refractivity contribution in [2.45, 2.75) is 18.4 Å². The summed E-state index contributed by atoms with van der Waals surface area (Å²) in [5.74, 6) is -1.13. The number of carbonyl (C=O) groups is 2. The van der Waals surface area contributed by atoms with Crippen LogP contribution in [0.3, 0.4) is 0 Å². The summed E-state index contributed by atoms with van der Waals surface area (Å²) in [6.07, 6.45) is 0. The number of fused-ring (bicyclic) bond motifs is 1. The third kappa shape index (κ3) is 4.12. The molecule has 0 N–H and O–H groups in total. The Morgan fingerprint density at radius 2 is 1.52 bits per heavy atom. The molecule has 1 heterocycles. The van der Waals surface area contributed by atoms with E-state index in [1.165, 1.54) is 32.2 Å². The molecule has 1 aliphatic heterocycles. The van der Waals surface area contributed by atoms with E-state index in [0.717, 1.165) is 4.31 Å². The van der Waals surface area contributed by atoms with Gasteiger partial charge in [-0.2, -0.15) is 0 Å². The first-order chi connectivity index (χ1) is 15.8. The van der Waals surface area contributed by atoms with Crippen LogP contribution in [0, 0.1) is 0 Å². The Balaban J connectivity index is 1.89. The molecule has 1 aliphatic rings. The number of ketones is 1. The molecule has 33 heavy (non-hydrogen) atoms. The standard InChI is InChI=1S/C25H21NO6S/c1-17(27)23-24(32-25(28)19-12-6-8-14-21(19)31-2)20-13-7-9-15-22(20)33(29,30)26(23)16-18-10-4-3-5-11-18/h3-15H,16H2,1-2H3. The molecule has 0 amide bonds. The molecule has 0 saturated carbocycles. The number of hydrogen-bond acceptors (Lipinski definition) is 6. The number of para-hydroxylation sites is 1. The quantitative estimate of drug-likeness (QED) is 0.513. The van der Waals surface area contributed by atoms with E-state index in [2.05, 4.69) is 0 Å². The van der Waals surface area contributed by atoms with E-state index in [4.69, 9.17) is 9.47 Å². The van der Waals surface area contributed by atoms with Crippen LogP contribution in [0.5, 0.6) is 5.75 Å². The topological polar surface area (TPSA) is 90.0 Å². The fourth-order valence-electron chi connectivity index (χ4n) is 3.67. The lowest BCUT2D eigenvalue weighted by Crippen LogP contribution is -2.37. The van der Waals surface area contributed by atoms with Crippen LogP contribution in [-0.4, -0.2) is 31.6 Å². The van der Waals surface area contributed by atoms with Gasteiger partial charge in [-0.25, -0.2) is 13.2 Å². The van der Waals surface area contributed by atoms with Crippen LogP contribution in [0.1, 0.15) is 28.4 Å². The summed E-state index contributed by atoms with van der Waals surface area (Å²) in [5.41, 5.74) is 0.765. The van der Waals surface area contributed by atoms with Gasteiger partial charge in [-0.1, -0.05) is 54.6 Å². The molecule has 3 aromatic rings. The third-order valence-electron chi connectivity index (χ3n) is 5.19. The van der Waals surface area contributed by atoms with Crippen LogP contribution in [0.15, 0.2) is 89.5 Å². The van der Waals surface area contributed by atoms with Crippen LogP contribution >= 0.6 is 0 Å². The summed E-state index contributed by atoms with van der Waals surface area (Å²) in [7, 11) is -2.66. The number of rotatable bonds is 6. The van der Waals surface area contributed by atoms with Gasteiger partial charge in [0.15, 0.2) is 11.5 Å². The highest BCUT2D eigenvalue weighted by Gasteiger charge is 2.40. The summed E-state index contributed by atoms with van der Waals surface area (Å²) in [6, 6.07) is 21.5. The van der Waals surface area contributed by atoms with Crippen molar-refractivity contribution < 1.29 is 27.5 Å². The monoisotopic (exact) mass is 463 g/mol. The second kappa shape index (κ2) is 8.91. The number of benzene rings is 3. The van der Waals surface area contributed by atoms with E-state index in [0.29, 0.717) is 11.3 Å². The molecule has 0 fully saturated rings. The molecule has 0 unspecified atom stereocenters. The number of Topliss-reactive ketones (excluding diaryl/α,β-unsaturated/α-hetero) is 1. The number of methoxy groups -OCH3 is 1. The van der Waals surface area contributed by atoms with Crippen LogP contribution in [0.4, 0.5) is 0 Å². The largest absolute Gasteiger partial charge is 0.496 e. The maximum atomic E-state index is 13.5. The van der Waals surface area contributed by atoms with Crippen molar-refractivity contribution in [3.8, 4) is 5.75 Å². The number of esters is 1. The Morgan fingerprint density at radius 3 is 2.21 bits per heavy atom. The van der Waals surface area contributed by atoms with Crippen LogP contribution < -0.4 is 4.74 Å². The highest BCUT2D eigenvalue weighted by molar-refractivity contribution is 7.89. The van der Waals surface area contributed by atoms with Gasteiger partial charge in [-0.05, 0) is 29.8 Å². The van der Waals surface area contributed by atoms with Crippen molar-refractivity contribution >= 4 is 27.5 Å².